The van der Waals surface area contributed by atoms with Crippen molar-refractivity contribution in [1.29, 1.82) is 0 Å². The number of ether oxygens (including phenoxy) is 1. The molecule has 12 nitrogen and oxygen atoms in total. The number of likely N-dealkylation sites (N-methyl/N-ethyl adjacent to an activating group) is 1. The van der Waals surface area contributed by atoms with E-state index in [9.17, 15) is 24.1 Å². The van der Waals surface area contributed by atoms with Crippen LogP contribution in [0.4, 0.5) is 8.78 Å². The number of benzene rings is 1. The molecule has 2 rings (SSSR count). The second-order valence-corrected chi connectivity index (χ2v) is 25.2. The van der Waals surface area contributed by atoms with Gasteiger partial charge in [-0.25, -0.2) is 8.78 Å². The number of aryl methyl sites for hydroxylation is 1. The molecule has 0 spiro atoms. The van der Waals surface area contributed by atoms with E-state index in [2.05, 4.69) is 53.8 Å². The molecule has 0 unspecified atom stereocenters. The Labute approximate surface area is 367 Å². The summed E-state index contributed by atoms with van der Waals surface area (Å²) < 4.78 is 66.3. The van der Waals surface area contributed by atoms with Crippen LogP contribution in [0.2, 0.25) is 16.6 Å². The molecule has 61 heavy (non-hydrogen) atoms. The molecule has 0 saturated carbocycles. The number of alkyl halides is 2. The first-order chi connectivity index (χ1) is 28.8. The number of aliphatic hydroxyl groups excluding tert-OH is 1. The lowest BCUT2D eigenvalue weighted by Crippen LogP contribution is -2.51. The van der Waals surface area contributed by atoms with E-state index in [4.69, 9.17) is 18.2 Å². The van der Waals surface area contributed by atoms with Crippen molar-refractivity contribution in [3.05, 3.63) is 29.3 Å². The SMILES string of the molecule is CCCCCCCCCCCCc1ccc(C(=O)N[C@H](CO)CO[Si](C(C)C)(C(C)C)C(C)C)c(OC[C@@H]2CC(F)(F)CN2C(=O)CN(C)C(=O)CP(=O)(OCC)OCC)c1. The van der Waals surface area contributed by atoms with Crippen LogP contribution in [0.3, 0.4) is 0 Å². The van der Waals surface area contributed by atoms with Gasteiger partial charge in [-0.1, -0.05) is 112 Å². The summed E-state index contributed by atoms with van der Waals surface area (Å²) in [5, 5.41) is 13.3. The van der Waals surface area contributed by atoms with Crippen LogP contribution < -0.4 is 10.1 Å². The maximum Gasteiger partial charge on any atom is 0.340 e. The van der Waals surface area contributed by atoms with Crippen LogP contribution in [-0.4, -0.2) is 118 Å². The second-order valence-electron chi connectivity index (χ2n) is 17.6. The van der Waals surface area contributed by atoms with Crippen molar-refractivity contribution in [2.45, 2.75) is 174 Å². The fourth-order valence-electron chi connectivity index (χ4n) is 8.71. The van der Waals surface area contributed by atoms with Crippen LogP contribution in [0.1, 0.15) is 149 Å². The Morgan fingerprint density at radius 2 is 1.48 bits per heavy atom. The van der Waals surface area contributed by atoms with Gasteiger partial charge < -0.3 is 38.4 Å². The zero-order chi connectivity index (χ0) is 45.8. The quantitative estimate of drug-likeness (QED) is 0.0423. The molecule has 1 heterocycles. The minimum absolute atomic E-state index is 0.0523. The molecule has 1 aromatic rings. The number of carbonyl (C=O) groups excluding carboxylic acids is 3. The molecular formula is C45H80F2N3O9PSi. The van der Waals surface area contributed by atoms with E-state index in [0.29, 0.717) is 16.6 Å². The summed E-state index contributed by atoms with van der Waals surface area (Å²) >= 11 is 0. The van der Waals surface area contributed by atoms with Crippen molar-refractivity contribution in [2.24, 2.45) is 0 Å². The average molecular weight is 904 g/mol. The Bertz CT molecular complexity index is 1500. The highest BCUT2D eigenvalue weighted by Crippen LogP contribution is 2.48. The number of halogens is 2. The third-order valence-electron chi connectivity index (χ3n) is 11.8. The summed E-state index contributed by atoms with van der Waals surface area (Å²) in [5.74, 6) is -4.95. The first-order valence-electron chi connectivity index (χ1n) is 22.9. The highest BCUT2D eigenvalue weighted by Gasteiger charge is 2.48. The molecule has 1 aliphatic heterocycles. The van der Waals surface area contributed by atoms with Crippen LogP contribution in [0.25, 0.3) is 0 Å². The highest BCUT2D eigenvalue weighted by atomic mass is 31.2. The lowest BCUT2D eigenvalue weighted by molar-refractivity contribution is -0.140. The molecule has 2 N–H and O–H groups in total. The van der Waals surface area contributed by atoms with Gasteiger partial charge in [-0.05, 0) is 61.0 Å². The van der Waals surface area contributed by atoms with Gasteiger partial charge in [0.15, 0.2) is 8.32 Å². The van der Waals surface area contributed by atoms with Gasteiger partial charge in [0.25, 0.3) is 11.8 Å². The summed E-state index contributed by atoms with van der Waals surface area (Å²) in [6.07, 6.45) is 11.4. The smallest absolute Gasteiger partial charge is 0.340 e. The number of hydrogen-bond acceptors (Lipinski definition) is 9. The van der Waals surface area contributed by atoms with E-state index in [1.165, 1.54) is 52.0 Å². The van der Waals surface area contributed by atoms with Gasteiger partial charge in [0.1, 0.15) is 18.5 Å². The maximum absolute atomic E-state index is 15.0. The molecule has 3 amide bonds. The number of nitrogens with one attached hydrogen (secondary N) is 1. The summed E-state index contributed by atoms with van der Waals surface area (Å²) in [6.45, 7) is 16.6. The maximum atomic E-state index is 15.0. The first-order valence-corrected chi connectivity index (χ1v) is 26.8. The monoisotopic (exact) mass is 904 g/mol. The molecular weight excluding hydrogens is 824 g/mol. The lowest BCUT2D eigenvalue weighted by Gasteiger charge is -2.43. The van der Waals surface area contributed by atoms with Gasteiger partial charge in [0.2, 0.25) is 11.8 Å². The van der Waals surface area contributed by atoms with E-state index in [0.717, 1.165) is 41.0 Å². The molecule has 0 radical (unpaired) electrons. The normalized spacial score (nSPS) is 16.1. The number of aliphatic hydroxyl groups is 1. The second kappa shape index (κ2) is 27.0. The number of likely N-dealkylation sites (tertiary alicyclic amines) is 1. The Balaban J connectivity index is 2.28. The van der Waals surface area contributed by atoms with Crippen molar-refractivity contribution >= 4 is 33.6 Å². The van der Waals surface area contributed by atoms with Crippen LogP contribution in [0.5, 0.6) is 5.75 Å². The Hall–Kier alpha value is -2.42. The zero-order valence-electron chi connectivity index (χ0n) is 39.1. The zero-order valence-corrected chi connectivity index (χ0v) is 41.0. The third-order valence-corrected chi connectivity index (χ3v) is 19.9. The van der Waals surface area contributed by atoms with Gasteiger partial charge >= 0.3 is 7.60 Å². The van der Waals surface area contributed by atoms with E-state index in [-0.39, 0.29) is 44.3 Å². The third kappa shape index (κ3) is 17.6. The van der Waals surface area contributed by atoms with E-state index in [1.807, 2.05) is 6.07 Å². The lowest BCUT2D eigenvalue weighted by atomic mass is 10.0. The van der Waals surface area contributed by atoms with E-state index in [1.54, 1.807) is 26.0 Å². The summed E-state index contributed by atoms with van der Waals surface area (Å²) in [5.41, 5.74) is 2.02. The molecule has 0 bridgehead atoms. The number of nitrogens with zero attached hydrogens (tertiary/aromatic N) is 2. The number of carbonyl (C=O) groups is 3. The fourth-order valence-corrected chi connectivity index (χ4v) is 15.8. The molecule has 1 aromatic carbocycles. The van der Waals surface area contributed by atoms with Crippen molar-refractivity contribution in [3.63, 3.8) is 0 Å². The Morgan fingerprint density at radius 1 is 0.918 bits per heavy atom. The average Bonchev–Trinajstić information content (AvgIpc) is 3.51. The standard InChI is InChI=1S/C45H80F2N3O9PSi/c1-11-14-15-16-17-18-19-20-21-22-23-37-24-25-40(44(54)48-38(29-51)30-59-61(34(4)5,35(6)7)36(8)9)41(26-37)56-31-39-27-45(46,47)33-50(39)42(52)28-49(10)43(53)32-60(55,57-12-2)58-13-3/h24-26,34-36,38-39,51H,11-23,27-33H2,1-10H3,(H,48,54)/t38-,39+/m1/s1. The Morgan fingerprint density at radius 3 is 2.00 bits per heavy atom. The molecule has 0 aliphatic carbocycles. The van der Waals surface area contributed by atoms with Gasteiger partial charge in [0.05, 0.1) is 57.2 Å². The highest BCUT2D eigenvalue weighted by molar-refractivity contribution is 7.54. The minimum Gasteiger partial charge on any atom is -0.491 e. The van der Waals surface area contributed by atoms with Crippen LogP contribution in [0, 0.1) is 0 Å². The van der Waals surface area contributed by atoms with Crippen molar-refractivity contribution in [2.75, 3.05) is 59.3 Å². The van der Waals surface area contributed by atoms with Crippen molar-refractivity contribution < 1.29 is 51.0 Å². The van der Waals surface area contributed by atoms with Gasteiger partial charge in [-0.3, -0.25) is 18.9 Å². The number of amides is 3. The molecule has 1 fully saturated rings. The van der Waals surface area contributed by atoms with E-state index < -0.39 is 77.3 Å². The summed E-state index contributed by atoms with van der Waals surface area (Å²) in [4.78, 5) is 42.5. The molecule has 2 atom stereocenters. The molecule has 1 aliphatic rings. The molecule has 16 heteroatoms. The topological polar surface area (TPSA) is 144 Å². The molecule has 1 saturated heterocycles. The predicted molar refractivity (Wildman–Crippen MR) is 241 cm³/mol. The largest absolute Gasteiger partial charge is 0.491 e. The number of unbranched alkanes of at least 4 members (excludes halogenated alkanes) is 9. The van der Waals surface area contributed by atoms with Gasteiger partial charge in [-0.2, -0.15) is 0 Å². The first kappa shape index (κ1) is 54.7. The van der Waals surface area contributed by atoms with Crippen molar-refractivity contribution in [1.82, 2.24) is 15.1 Å². The van der Waals surface area contributed by atoms with E-state index >= 15 is 8.78 Å². The van der Waals surface area contributed by atoms with Gasteiger partial charge in [0, 0.05) is 13.5 Å². The summed E-state index contributed by atoms with van der Waals surface area (Å²) in [6, 6.07) is 3.53. The van der Waals surface area contributed by atoms with Crippen LogP contribution in [-0.2, 0) is 34.0 Å². The number of hydrogen-bond donors (Lipinski definition) is 2. The van der Waals surface area contributed by atoms with Gasteiger partial charge in [-0.15, -0.1) is 0 Å². The number of rotatable bonds is 31. The van der Waals surface area contributed by atoms with Crippen molar-refractivity contribution in [3.8, 4) is 5.75 Å². The van der Waals surface area contributed by atoms with Crippen LogP contribution >= 0.6 is 7.60 Å². The minimum atomic E-state index is -3.75. The fraction of sp³-hybridized carbons (Fsp3) is 0.800. The molecule has 0 aromatic heterocycles. The summed E-state index contributed by atoms with van der Waals surface area (Å²) in [7, 11) is -4.73. The Kier molecular flexibility index (Phi) is 24.2. The predicted octanol–water partition coefficient (Wildman–Crippen LogP) is 9.77. The van der Waals surface area contributed by atoms with Crippen LogP contribution in [0.15, 0.2) is 18.2 Å². The molecule has 352 valence electrons.